The molecule has 2 aliphatic heterocycles. The summed E-state index contributed by atoms with van der Waals surface area (Å²) in [6, 6.07) is 12.0. The average molecular weight is 649 g/mol. The molecule has 0 unspecified atom stereocenters. The number of rotatable bonds is 11. The first-order valence-electron chi connectivity index (χ1n) is 14.1. The van der Waals surface area contributed by atoms with Crippen LogP contribution in [0.25, 0.3) is 12.2 Å². The fraction of sp³-hybridized carbons (Fsp3) is 0.419. The van der Waals surface area contributed by atoms with E-state index >= 15 is 0 Å². The molecule has 0 aliphatic carbocycles. The van der Waals surface area contributed by atoms with Crippen LogP contribution >= 0.6 is 0 Å². The van der Waals surface area contributed by atoms with Gasteiger partial charge in [-0.15, -0.1) is 0 Å². The highest BCUT2D eigenvalue weighted by atomic mass is 16.7. The molecule has 2 aromatic carbocycles. The van der Waals surface area contributed by atoms with Gasteiger partial charge in [0.25, 0.3) is 0 Å². The molecule has 0 aromatic heterocycles. The van der Waals surface area contributed by atoms with Gasteiger partial charge in [0.2, 0.25) is 0 Å². The molecule has 10 atom stereocenters. The normalized spacial score (nSPS) is 31.6. The zero-order chi connectivity index (χ0) is 33.4. The Morgan fingerprint density at radius 1 is 0.652 bits per heavy atom. The van der Waals surface area contributed by atoms with Gasteiger partial charge in [0.15, 0.2) is 12.6 Å². The van der Waals surface area contributed by atoms with Gasteiger partial charge in [0.1, 0.15) is 73.5 Å². The van der Waals surface area contributed by atoms with Gasteiger partial charge in [0.05, 0.1) is 0 Å². The van der Waals surface area contributed by atoms with Crippen molar-refractivity contribution in [1.82, 2.24) is 0 Å². The van der Waals surface area contributed by atoms with E-state index in [1.165, 1.54) is 43.5 Å². The number of esters is 2. The highest BCUT2D eigenvalue weighted by Crippen LogP contribution is 2.30. The van der Waals surface area contributed by atoms with Gasteiger partial charge in [0, 0.05) is 19.3 Å². The second-order valence-electron chi connectivity index (χ2n) is 10.5. The van der Waals surface area contributed by atoms with Crippen molar-refractivity contribution < 1.29 is 73.8 Å². The highest BCUT2D eigenvalue weighted by Gasteiger charge is 2.51. The molecule has 0 bridgehead atoms. The second-order valence-corrected chi connectivity index (χ2v) is 10.5. The molecular weight excluding hydrogens is 612 g/mol. The van der Waals surface area contributed by atoms with Crippen LogP contribution in [0, 0.1) is 0 Å². The molecule has 7 N–H and O–H groups in total. The summed E-state index contributed by atoms with van der Waals surface area (Å²) in [5, 5.41) is 71.6. The number of methoxy groups -OCH3 is 1. The van der Waals surface area contributed by atoms with E-state index in [0.29, 0.717) is 11.1 Å². The minimum atomic E-state index is -1.86. The van der Waals surface area contributed by atoms with E-state index in [1.807, 2.05) is 0 Å². The van der Waals surface area contributed by atoms with Gasteiger partial charge in [-0.1, -0.05) is 24.3 Å². The van der Waals surface area contributed by atoms with E-state index in [9.17, 15) is 45.3 Å². The zero-order valence-corrected chi connectivity index (χ0v) is 24.5. The number of hydrogen-bond donors (Lipinski definition) is 7. The summed E-state index contributed by atoms with van der Waals surface area (Å²) in [6.45, 7) is -1.09. The molecule has 2 heterocycles. The van der Waals surface area contributed by atoms with E-state index < -0.39 is 86.6 Å². The molecule has 2 aliphatic rings. The minimum Gasteiger partial charge on any atom is -0.508 e. The summed E-state index contributed by atoms with van der Waals surface area (Å²) < 4.78 is 32.4. The number of aliphatic hydroxyl groups excluding tert-OH is 5. The predicted octanol–water partition coefficient (Wildman–Crippen LogP) is -0.803. The van der Waals surface area contributed by atoms with Crippen LogP contribution in [0.4, 0.5) is 0 Å². The molecule has 2 aromatic rings. The molecule has 15 heteroatoms. The summed E-state index contributed by atoms with van der Waals surface area (Å²) in [6.07, 6.45) is -11.0. The van der Waals surface area contributed by atoms with Gasteiger partial charge in [-0.3, -0.25) is 0 Å². The monoisotopic (exact) mass is 648 g/mol. The molecule has 15 nitrogen and oxygen atoms in total. The standard InChI is InChI=1S/C31H36O15/c1-41-30-28(40)26(38)29(21(45-30)15-43-23(35)13-7-17-4-10-19(33)11-5-17)46-31-27(39)25(37)24(36)20(44-31)14-42-22(34)12-6-16-2-8-18(32)9-3-16/h2-13,20-21,24-33,36-40H,14-15H2,1H3/b12-6+,13-7-/t20-,21-,24-,25+,26-,27-,28-,29-,30-,31+/m1/s1. The van der Waals surface area contributed by atoms with Crippen LogP contribution < -0.4 is 0 Å². The molecule has 46 heavy (non-hydrogen) atoms. The molecule has 0 amide bonds. The molecule has 2 saturated heterocycles. The average Bonchev–Trinajstić information content (AvgIpc) is 3.05. The number of ether oxygens (including phenoxy) is 6. The summed E-state index contributed by atoms with van der Waals surface area (Å²) in [4.78, 5) is 24.6. The van der Waals surface area contributed by atoms with Crippen LogP contribution in [-0.2, 0) is 38.0 Å². The Hall–Kier alpha value is -3.90. The number of benzene rings is 2. The Balaban J connectivity index is 1.39. The molecule has 0 radical (unpaired) electrons. The Morgan fingerprint density at radius 2 is 1.11 bits per heavy atom. The molecule has 0 spiro atoms. The number of carbonyl (C=O) groups excluding carboxylic acids is 2. The van der Waals surface area contributed by atoms with Gasteiger partial charge in [-0.2, -0.15) is 0 Å². The van der Waals surface area contributed by atoms with Crippen molar-refractivity contribution in [1.29, 1.82) is 0 Å². The van der Waals surface area contributed by atoms with Crippen molar-refractivity contribution in [2.75, 3.05) is 20.3 Å². The lowest BCUT2D eigenvalue weighted by atomic mass is 9.97. The summed E-state index contributed by atoms with van der Waals surface area (Å²) >= 11 is 0. The van der Waals surface area contributed by atoms with Crippen molar-refractivity contribution in [3.8, 4) is 11.5 Å². The van der Waals surface area contributed by atoms with Crippen molar-refractivity contribution in [3.05, 3.63) is 71.8 Å². The van der Waals surface area contributed by atoms with Crippen molar-refractivity contribution in [3.63, 3.8) is 0 Å². The number of hydrogen-bond acceptors (Lipinski definition) is 15. The number of carbonyl (C=O) groups is 2. The molecule has 2 fully saturated rings. The first-order chi connectivity index (χ1) is 22.0. The fourth-order valence-corrected chi connectivity index (χ4v) is 4.65. The van der Waals surface area contributed by atoms with Gasteiger partial charge in [-0.25, -0.2) is 9.59 Å². The highest BCUT2D eigenvalue weighted by molar-refractivity contribution is 5.87. The second kappa shape index (κ2) is 16.1. The van der Waals surface area contributed by atoms with Gasteiger partial charge < -0.3 is 64.2 Å². The predicted molar refractivity (Wildman–Crippen MR) is 155 cm³/mol. The van der Waals surface area contributed by atoms with Crippen molar-refractivity contribution >= 4 is 24.1 Å². The lowest BCUT2D eigenvalue weighted by Gasteiger charge is -2.45. The number of aliphatic hydroxyl groups is 5. The third kappa shape index (κ3) is 9.10. The number of phenolic OH excluding ortho intramolecular Hbond substituents is 2. The van der Waals surface area contributed by atoms with Gasteiger partial charge >= 0.3 is 11.9 Å². The summed E-state index contributed by atoms with van der Waals surface area (Å²) in [7, 11) is 1.21. The minimum absolute atomic E-state index is 0.0486. The SMILES string of the molecule is CO[C@@H]1O[C@H](COC(=O)/C=C\c2ccc(O)cc2)[C@@H](O[C@@H]2O[C@H](COC(=O)/C=C/c3ccc(O)cc3)[C@@H](O)[C@H](O)[C@H]2O)[C@H](O)[C@H]1O. The zero-order valence-electron chi connectivity index (χ0n) is 24.5. The maximum atomic E-state index is 12.4. The first-order valence-corrected chi connectivity index (χ1v) is 14.1. The van der Waals surface area contributed by atoms with E-state index in [0.717, 1.165) is 12.2 Å². The molecular formula is C31H36O15. The summed E-state index contributed by atoms with van der Waals surface area (Å²) in [5.74, 6) is -1.53. The van der Waals surface area contributed by atoms with E-state index in [-0.39, 0.29) is 11.5 Å². The Morgan fingerprint density at radius 3 is 1.61 bits per heavy atom. The van der Waals surface area contributed by atoms with Crippen molar-refractivity contribution in [2.45, 2.75) is 61.4 Å². The van der Waals surface area contributed by atoms with E-state index in [1.54, 1.807) is 24.3 Å². The lowest BCUT2D eigenvalue weighted by molar-refractivity contribution is -0.357. The van der Waals surface area contributed by atoms with Crippen molar-refractivity contribution in [2.24, 2.45) is 0 Å². The Bertz CT molecular complexity index is 1340. The fourth-order valence-electron chi connectivity index (χ4n) is 4.65. The molecule has 4 rings (SSSR count). The van der Waals surface area contributed by atoms with Crippen LogP contribution in [-0.4, -0.2) is 129 Å². The van der Waals surface area contributed by atoms with E-state index in [4.69, 9.17) is 28.4 Å². The van der Waals surface area contributed by atoms with Crippen LogP contribution in [0.15, 0.2) is 60.7 Å². The Labute approximate surface area is 263 Å². The van der Waals surface area contributed by atoms with Crippen LogP contribution in [0.5, 0.6) is 11.5 Å². The maximum absolute atomic E-state index is 12.4. The first kappa shape index (κ1) is 35.0. The Kier molecular flexibility index (Phi) is 12.2. The molecule has 250 valence electrons. The lowest BCUT2D eigenvalue weighted by Crippen LogP contribution is -2.64. The summed E-state index contributed by atoms with van der Waals surface area (Å²) in [5.41, 5.74) is 1.19. The maximum Gasteiger partial charge on any atom is 0.330 e. The molecule has 0 saturated carbocycles. The van der Waals surface area contributed by atoms with Crippen LogP contribution in [0.3, 0.4) is 0 Å². The quantitative estimate of drug-likeness (QED) is 0.117. The third-order valence-corrected chi connectivity index (χ3v) is 7.22. The van der Waals surface area contributed by atoms with E-state index in [2.05, 4.69) is 0 Å². The third-order valence-electron chi connectivity index (χ3n) is 7.22. The number of aromatic hydroxyl groups is 2. The topological polar surface area (TPSA) is 231 Å². The van der Waals surface area contributed by atoms with Crippen LogP contribution in [0.2, 0.25) is 0 Å². The smallest absolute Gasteiger partial charge is 0.330 e. The largest absolute Gasteiger partial charge is 0.508 e. The van der Waals surface area contributed by atoms with Crippen LogP contribution in [0.1, 0.15) is 11.1 Å². The van der Waals surface area contributed by atoms with Gasteiger partial charge in [-0.05, 0) is 47.5 Å². The number of phenols is 2.